The standard InChI is InChI=1S/C20H22F3N3O4/c1-25(2)15-7-5-14(6-8-15)4-3-11-24-19(27)17-12-16(30-13-20(21,22)23)9-10-18(17)26(28)29/h5-10,12H,3-4,11,13H2,1-2H3,(H,24,27). The molecule has 0 spiro atoms. The predicted molar refractivity (Wildman–Crippen MR) is 106 cm³/mol. The van der Waals surface area contributed by atoms with Gasteiger partial charge >= 0.3 is 6.18 Å². The number of anilines is 1. The van der Waals surface area contributed by atoms with E-state index < -0.39 is 29.3 Å². The molecule has 0 saturated carbocycles. The number of alkyl halides is 3. The summed E-state index contributed by atoms with van der Waals surface area (Å²) in [6, 6.07) is 10.8. The maximum Gasteiger partial charge on any atom is 0.422 e. The molecule has 10 heteroatoms. The lowest BCUT2D eigenvalue weighted by atomic mass is 10.1. The number of amides is 1. The van der Waals surface area contributed by atoms with E-state index in [-0.39, 0.29) is 17.9 Å². The van der Waals surface area contributed by atoms with Crippen LogP contribution in [0.3, 0.4) is 0 Å². The summed E-state index contributed by atoms with van der Waals surface area (Å²) in [5.41, 5.74) is 1.27. The number of carbonyl (C=O) groups is 1. The van der Waals surface area contributed by atoms with Crippen LogP contribution < -0.4 is 15.0 Å². The largest absolute Gasteiger partial charge is 0.484 e. The van der Waals surface area contributed by atoms with Gasteiger partial charge in [0.05, 0.1) is 4.92 Å². The molecule has 0 unspecified atom stereocenters. The molecule has 1 amide bonds. The lowest BCUT2D eigenvalue weighted by Crippen LogP contribution is -2.26. The van der Waals surface area contributed by atoms with Gasteiger partial charge in [-0.1, -0.05) is 12.1 Å². The minimum absolute atomic E-state index is 0.249. The van der Waals surface area contributed by atoms with Gasteiger partial charge in [-0.3, -0.25) is 14.9 Å². The highest BCUT2D eigenvalue weighted by Crippen LogP contribution is 2.26. The highest BCUT2D eigenvalue weighted by molar-refractivity contribution is 5.98. The number of ether oxygens (including phenoxy) is 1. The van der Waals surface area contributed by atoms with Crippen molar-refractivity contribution in [2.24, 2.45) is 0 Å². The minimum Gasteiger partial charge on any atom is -0.484 e. The molecule has 0 fully saturated rings. The summed E-state index contributed by atoms with van der Waals surface area (Å²) in [6.45, 7) is -1.31. The van der Waals surface area contributed by atoms with Crippen LogP contribution in [0.5, 0.6) is 5.75 Å². The monoisotopic (exact) mass is 425 g/mol. The lowest BCUT2D eigenvalue weighted by Gasteiger charge is -2.13. The number of nitro benzene ring substituents is 1. The van der Waals surface area contributed by atoms with E-state index in [2.05, 4.69) is 10.1 Å². The van der Waals surface area contributed by atoms with Gasteiger partial charge in [-0.05, 0) is 42.7 Å². The van der Waals surface area contributed by atoms with E-state index in [4.69, 9.17) is 0 Å². The normalized spacial score (nSPS) is 11.1. The van der Waals surface area contributed by atoms with Crippen LogP contribution in [0, 0.1) is 10.1 Å². The number of hydrogen-bond acceptors (Lipinski definition) is 5. The van der Waals surface area contributed by atoms with E-state index in [9.17, 15) is 28.1 Å². The SMILES string of the molecule is CN(C)c1ccc(CCCNC(=O)c2cc(OCC(F)(F)F)ccc2[N+](=O)[O-])cc1. The molecule has 2 aromatic carbocycles. The second kappa shape index (κ2) is 9.95. The van der Waals surface area contributed by atoms with Gasteiger partial charge in [-0.2, -0.15) is 13.2 Å². The molecule has 0 radical (unpaired) electrons. The van der Waals surface area contributed by atoms with Crippen LogP contribution in [0.15, 0.2) is 42.5 Å². The van der Waals surface area contributed by atoms with Crippen molar-refractivity contribution in [1.82, 2.24) is 5.32 Å². The molecule has 0 bridgehead atoms. The maximum absolute atomic E-state index is 12.4. The summed E-state index contributed by atoms with van der Waals surface area (Å²) >= 11 is 0. The maximum atomic E-state index is 12.4. The molecule has 0 aliphatic rings. The number of rotatable bonds is 9. The van der Waals surface area contributed by atoms with E-state index in [1.165, 1.54) is 0 Å². The number of benzene rings is 2. The Kier molecular flexibility index (Phi) is 7.62. The molecule has 2 aromatic rings. The molecular weight excluding hydrogens is 403 g/mol. The molecular formula is C20H22F3N3O4. The molecule has 0 aromatic heterocycles. The summed E-state index contributed by atoms with van der Waals surface area (Å²) in [7, 11) is 3.87. The number of nitrogens with one attached hydrogen (secondary N) is 1. The number of aryl methyl sites for hydroxylation is 1. The molecule has 0 atom stereocenters. The quantitative estimate of drug-likeness (QED) is 0.373. The van der Waals surface area contributed by atoms with E-state index >= 15 is 0 Å². The number of halogens is 3. The van der Waals surface area contributed by atoms with Crippen LogP contribution in [0.4, 0.5) is 24.5 Å². The fourth-order valence-electron chi connectivity index (χ4n) is 2.66. The third-order valence-corrected chi connectivity index (χ3v) is 4.19. The van der Waals surface area contributed by atoms with Crippen LogP contribution in [-0.4, -0.2) is 44.3 Å². The van der Waals surface area contributed by atoms with Crippen LogP contribution >= 0.6 is 0 Å². The second-order valence-electron chi connectivity index (χ2n) is 6.76. The Labute approximate surface area is 171 Å². The minimum atomic E-state index is -4.56. The first-order valence-corrected chi connectivity index (χ1v) is 9.09. The summed E-state index contributed by atoms with van der Waals surface area (Å²) in [6.07, 6.45) is -3.29. The van der Waals surface area contributed by atoms with Crippen LogP contribution in [0.25, 0.3) is 0 Å². The summed E-state index contributed by atoms with van der Waals surface area (Å²) in [5.74, 6) is -1.02. The number of nitrogens with zero attached hydrogens (tertiary/aromatic N) is 2. The molecule has 0 heterocycles. The first-order chi connectivity index (χ1) is 14.1. The van der Waals surface area contributed by atoms with Gasteiger partial charge in [0.1, 0.15) is 11.3 Å². The van der Waals surface area contributed by atoms with Crippen LogP contribution in [-0.2, 0) is 6.42 Å². The lowest BCUT2D eigenvalue weighted by molar-refractivity contribution is -0.385. The number of nitro groups is 1. The number of carbonyl (C=O) groups excluding carboxylic acids is 1. The Hall–Kier alpha value is -3.30. The third-order valence-electron chi connectivity index (χ3n) is 4.19. The van der Waals surface area contributed by atoms with Gasteiger partial charge in [-0.15, -0.1) is 0 Å². The molecule has 0 aliphatic heterocycles. The molecule has 162 valence electrons. The summed E-state index contributed by atoms with van der Waals surface area (Å²) in [5, 5.41) is 13.7. The van der Waals surface area contributed by atoms with Gasteiger partial charge in [-0.25, -0.2) is 0 Å². The van der Waals surface area contributed by atoms with Crippen molar-refractivity contribution in [1.29, 1.82) is 0 Å². The molecule has 0 aliphatic carbocycles. The second-order valence-corrected chi connectivity index (χ2v) is 6.76. The fraction of sp³-hybridized carbons (Fsp3) is 0.350. The highest BCUT2D eigenvalue weighted by Gasteiger charge is 2.29. The fourth-order valence-corrected chi connectivity index (χ4v) is 2.66. The number of hydrogen-bond donors (Lipinski definition) is 1. The van der Waals surface area contributed by atoms with E-state index in [0.717, 1.165) is 29.4 Å². The zero-order valence-electron chi connectivity index (χ0n) is 16.5. The van der Waals surface area contributed by atoms with Crippen molar-refractivity contribution in [2.75, 3.05) is 32.1 Å². The first kappa shape index (κ1) is 23.0. The average molecular weight is 425 g/mol. The van der Waals surface area contributed by atoms with E-state index in [0.29, 0.717) is 12.8 Å². The molecule has 7 nitrogen and oxygen atoms in total. The zero-order valence-corrected chi connectivity index (χ0v) is 16.5. The van der Waals surface area contributed by atoms with Crippen LogP contribution in [0.2, 0.25) is 0 Å². The van der Waals surface area contributed by atoms with Gasteiger partial charge in [0.2, 0.25) is 0 Å². The summed E-state index contributed by atoms with van der Waals surface area (Å²) in [4.78, 5) is 24.7. The Morgan fingerprint density at radius 1 is 1.17 bits per heavy atom. The van der Waals surface area contributed by atoms with Gasteiger partial charge in [0.15, 0.2) is 6.61 Å². The van der Waals surface area contributed by atoms with Gasteiger partial charge in [0.25, 0.3) is 11.6 Å². The van der Waals surface area contributed by atoms with Gasteiger partial charge in [0, 0.05) is 32.4 Å². The van der Waals surface area contributed by atoms with E-state index in [1.807, 2.05) is 43.3 Å². The predicted octanol–water partition coefficient (Wildman–Crippen LogP) is 3.96. The highest BCUT2D eigenvalue weighted by atomic mass is 19.4. The smallest absolute Gasteiger partial charge is 0.422 e. The molecule has 2 rings (SSSR count). The Morgan fingerprint density at radius 2 is 1.83 bits per heavy atom. The zero-order chi connectivity index (χ0) is 22.3. The van der Waals surface area contributed by atoms with E-state index in [1.54, 1.807) is 0 Å². The first-order valence-electron chi connectivity index (χ1n) is 9.09. The molecule has 1 N–H and O–H groups in total. The average Bonchev–Trinajstić information content (AvgIpc) is 2.69. The van der Waals surface area contributed by atoms with Crippen molar-refractivity contribution in [3.05, 3.63) is 63.7 Å². The van der Waals surface area contributed by atoms with Crippen molar-refractivity contribution in [3.8, 4) is 5.75 Å². The molecule has 30 heavy (non-hydrogen) atoms. The summed E-state index contributed by atoms with van der Waals surface area (Å²) < 4.78 is 41.5. The Morgan fingerprint density at radius 3 is 2.40 bits per heavy atom. The van der Waals surface area contributed by atoms with Crippen molar-refractivity contribution in [3.63, 3.8) is 0 Å². The third kappa shape index (κ3) is 6.94. The van der Waals surface area contributed by atoms with Crippen LogP contribution in [0.1, 0.15) is 22.3 Å². The Balaban J connectivity index is 1.96. The van der Waals surface area contributed by atoms with Crippen molar-refractivity contribution >= 4 is 17.3 Å². The molecule has 0 saturated heterocycles. The van der Waals surface area contributed by atoms with Gasteiger partial charge < -0.3 is 15.0 Å². The van der Waals surface area contributed by atoms with Crippen molar-refractivity contribution in [2.45, 2.75) is 19.0 Å². The topological polar surface area (TPSA) is 84.7 Å². The van der Waals surface area contributed by atoms with Crippen molar-refractivity contribution < 1.29 is 27.6 Å². The Bertz CT molecular complexity index is 884.